The van der Waals surface area contributed by atoms with Crippen molar-refractivity contribution in [3.63, 3.8) is 0 Å². The van der Waals surface area contributed by atoms with Gasteiger partial charge in [-0.05, 0) is 68.4 Å². The highest BCUT2D eigenvalue weighted by molar-refractivity contribution is 6.02. The van der Waals surface area contributed by atoms with Crippen LogP contribution in [-0.2, 0) is 4.74 Å². The Hall–Kier alpha value is -3.69. The van der Waals surface area contributed by atoms with Crippen LogP contribution in [0.15, 0.2) is 55.1 Å². The maximum absolute atomic E-state index is 14.6. The van der Waals surface area contributed by atoms with Crippen LogP contribution in [0, 0.1) is 5.82 Å². The highest BCUT2D eigenvalue weighted by Gasteiger charge is 2.38. The fraction of sp³-hybridized carbons (Fsp3) is 0.400. The second kappa shape index (κ2) is 9.20. The first-order chi connectivity index (χ1) is 19.2. The first-order valence-corrected chi connectivity index (χ1v) is 14.0. The van der Waals surface area contributed by atoms with E-state index < -0.39 is 0 Å². The molecule has 0 spiro atoms. The molecule has 0 radical (unpaired) electrons. The van der Waals surface area contributed by atoms with E-state index in [9.17, 15) is 4.39 Å². The molecule has 2 saturated heterocycles. The quantitative estimate of drug-likeness (QED) is 0.341. The summed E-state index contributed by atoms with van der Waals surface area (Å²) in [6, 6.07) is 9.98. The molecule has 2 atom stereocenters. The number of morpholine rings is 1. The average molecular weight is 524 g/mol. The summed E-state index contributed by atoms with van der Waals surface area (Å²) in [5.41, 5.74) is 5.85. The number of ether oxygens (including phenoxy) is 1. The van der Waals surface area contributed by atoms with Gasteiger partial charge in [-0.3, -0.25) is 15.0 Å². The molecule has 3 fully saturated rings. The van der Waals surface area contributed by atoms with E-state index in [1.54, 1.807) is 18.6 Å². The number of halogens is 1. The predicted molar refractivity (Wildman–Crippen MR) is 146 cm³/mol. The van der Waals surface area contributed by atoms with E-state index in [1.807, 2.05) is 28.9 Å². The van der Waals surface area contributed by atoms with Crippen molar-refractivity contribution in [3.05, 3.63) is 66.6 Å². The topological polar surface area (TPSA) is 84.2 Å². The molecule has 2 bridgehead atoms. The fourth-order valence-corrected chi connectivity index (χ4v) is 7.13. The van der Waals surface area contributed by atoms with Gasteiger partial charge in [0.25, 0.3) is 0 Å². The summed E-state index contributed by atoms with van der Waals surface area (Å²) in [5, 5.41) is 12.8. The van der Waals surface area contributed by atoms with Gasteiger partial charge in [0, 0.05) is 60.3 Å². The van der Waals surface area contributed by atoms with Gasteiger partial charge in [-0.25, -0.2) is 13.9 Å². The highest BCUT2D eigenvalue weighted by atomic mass is 19.1. The molecular weight excluding hydrogens is 493 g/mol. The van der Waals surface area contributed by atoms with E-state index in [0.717, 1.165) is 54.0 Å². The SMILES string of the molecule is Fc1ccc(-c2c(-c3ccncc3)nn3c(C4CCC(N5C[C@H]6CC[C@H](C5)O6)CC4)ccnc23)c2cn[nH]c12. The number of pyridine rings is 1. The number of hydrogen-bond acceptors (Lipinski definition) is 6. The van der Waals surface area contributed by atoms with E-state index in [4.69, 9.17) is 14.8 Å². The number of nitrogens with zero attached hydrogens (tertiary/aromatic N) is 6. The minimum atomic E-state index is -0.327. The molecule has 1 saturated carbocycles. The summed E-state index contributed by atoms with van der Waals surface area (Å²) in [5.74, 6) is 0.0802. The number of aromatic nitrogens is 6. The number of benzene rings is 1. The van der Waals surface area contributed by atoms with Gasteiger partial charge in [0.05, 0.1) is 24.0 Å². The summed E-state index contributed by atoms with van der Waals surface area (Å²) in [7, 11) is 0. The molecule has 198 valence electrons. The first kappa shape index (κ1) is 23.2. The molecule has 0 unspecified atom stereocenters. The summed E-state index contributed by atoms with van der Waals surface area (Å²) in [6.45, 7) is 2.17. The monoisotopic (exact) mass is 523 g/mol. The van der Waals surface area contributed by atoms with Gasteiger partial charge in [-0.2, -0.15) is 10.2 Å². The molecule has 5 aromatic rings. The number of fused-ring (bicyclic) bond motifs is 4. The van der Waals surface area contributed by atoms with Crippen molar-refractivity contribution in [2.75, 3.05) is 13.1 Å². The Bertz CT molecular complexity index is 1640. The van der Waals surface area contributed by atoms with Crippen molar-refractivity contribution in [3.8, 4) is 22.4 Å². The van der Waals surface area contributed by atoms with Crippen LogP contribution >= 0.6 is 0 Å². The molecule has 6 heterocycles. The van der Waals surface area contributed by atoms with Gasteiger partial charge in [0.2, 0.25) is 0 Å². The number of aromatic amines is 1. The number of rotatable bonds is 4. The molecule has 4 aromatic heterocycles. The van der Waals surface area contributed by atoms with E-state index in [-0.39, 0.29) is 5.82 Å². The Morgan fingerprint density at radius 2 is 1.69 bits per heavy atom. The van der Waals surface area contributed by atoms with Crippen molar-refractivity contribution in [2.24, 2.45) is 0 Å². The molecule has 0 amide bonds. The second-order valence-electron chi connectivity index (χ2n) is 11.2. The number of hydrogen-bond donors (Lipinski definition) is 1. The second-order valence-corrected chi connectivity index (χ2v) is 11.2. The van der Waals surface area contributed by atoms with Crippen molar-refractivity contribution in [1.29, 1.82) is 0 Å². The van der Waals surface area contributed by atoms with Crippen molar-refractivity contribution in [1.82, 2.24) is 34.7 Å². The predicted octanol–water partition coefficient (Wildman–Crippen LogP) is 5.36. The average Bonchev–Trinajstić information content (AvgIpc) is 3.71. The summed E-state index contributed by atoms with van der Waals surface area (Å²) < 4.78 is 22.7. The fourth-order valence-electron chi connectivity index (χ4n) is 7.13. The lowest BCUT2D eigenvalue weighted by molar-refractivity contribution is -0.0579. The maximum Gasteiger partial charge on any atom is 0.163 e. The molecule has 8 rings (SSSR count). The van der Waals surface area contributed by atoms with Crippen LogP contribution < -0.4 is 0 Å². The molecule has 8 nitrogen and oxygen atoms in total. The van der Waals surface area contributed by atoms with Crippen LogP contribution in [0.1, 0.15) is 50.1 Å². The molecular formula is C30H30FN7O. The normalized spacial score (nSPS) is 25.6. The Morgan fingerprint density at radius 1 is 0.897 bits per heavy atom. The maximum atomic E-state index is 14.6. The largest absolute Gasteiger partial charge is 0.372 e. The van der Waals surface area contributed by atoms with Crippen LogP contribution in [0.5, 0.6) is 0 Å². The van der Waals surface area contributed by atoms with Gasteiger partial charge in [-0.15, -0.1) is 0 Å². The third kappa shape index (κ3) is 3.86. The van der Waals surface area contributed by atoms with Gasteiger partial charge < -0.3 is 4.74 Å². The van der Waals surface area contributed by atoms with Crippen LogP contribution in [0.25, 0.3) is 38.9 Å². The molecule has 9 heteroatoms. The van der Waals surface area contributed by atoms with Gasteiger partial charge >= 0.3 is 0 Å². The van der Waals surface area contributed by atoms with E-state index in [2.05, 4.69) is 26.1 Å². The smallest absolute Gasteiger partial charge is 0.163 e. The Kier molecular flexibility index (Phi) is 5.48. The Balaban J connectivity index is 1.19. The summed E-state index contributed by atoms with van der Waals surface area (Å²) in [4.78, 5) is 11.7. The van der Waals surface area contributed by atoms with Crippen LogP contribution in [-0.4, -0.2) is 66.0 Å². The Morgan fingerprint density at radius 3 is 2.49 bits per heavy atom. The van der Waals surface area contributed by atoms with Crippen LogP contribution in [0.3, 0.4) is 0 Å². The third-order valence-corrected chi connectivity index (χ3v) is 9.04. The van der Waals surface area contributed by atoms with Gasteiger partial charge in [0.15, 0.2) is 5.65 Å². The standard InChI is InChI=1S/C30H30FN7O/c31-25-8-7-23(24-15-34-35-29(24)25)27-28(19-9-12-32-13-10-19)36-38-26(11-14-33-30(27)38)18-1-3-20(4-2-18)37-16-21-5-6-22(17-37)39-21/h7-15,18,20-22H,1-6,16-17H2,(H,34,35)/t18?,20?,21-,22-/m1/s1. The zero-order chi connectivity index (χ0) is 25.9. The molecule has 1 aromatic carbocycles. The lowest BCUT2D eigenvalue weighted by Gasteiger charge is -2.41. The van der Waals surface area contributed by atoms with Gasteiger partial charge in [0.1, 0.15) is 17.0 Å². The van der Waals surface area contributed by atoms with Crippen LogP contribution in [0.2, 0.25) is 0 Å². The zero-order valence-electron chi connectivity index (χ0n) is 21.6. The number of nitrogens with one attached hydrogen (secondary N) is 1. The van der Waals surface area contributed by atoms with Crippen molar-refractivity contribution < 1.29 is 9.13 Å². The Labute approximate surface area is 225 Å². The highest BCUT2D eigenvalue weighted by Crippen LogP contribution is 2.41. The van der Waals surface area contributed by atoms with Crippen LogP contribution in [0.4, 0.5) is 4.39 Å². The van der Waals surface area contributed by atoms with E-state index in [1.165, 1.54) is 37.4 Å². The van der Waals surface area contributed by atoms with Crippen molar-refractivity contribution >= 4 is 16.6 Å². The molecule has 1 N–H and O–H groups in total. The van der Waals surface area contributed by atoms with E-state index >= 15 is 0 Å². The zero-order valence-corrected chi connectivity index (χ0v) is 21.6. The van der Waals surface area contributed by atoms with Crippen molar-refractivity contribution in [2.45, 2.75) is 62.7 Å². The molecule has 39 heavy (non-hydrogen) atoms. The first-order valence-electron chi connectivity index (χ1n) is 14.0. The third-order valence-electron chi connectivity index (χ3n) is 9.04. The summed E-state index contributed by atoms with van der Waals surface area (Å²) >= 11 is 0. The molecule has 1 aliphatic carbocycles. The minimum absolute atomic E-state index is 0.327. The molecule has 3 aliphatic rings. The molecule has 2 aliphatic heterocycles. The lowest BCUT2D eigenvalue weighted by Crippen LogP contribution is -2.48. The lowest BCUT2D eigenvalue weighted by atomic mass is 9.83. The number of H-pyrrole nitrogens is 1. The van der Waals surface area contributed by atoms with Gasteiger partial charge in [-0.1, -0.05) is 6.07 Å². The van der Waals surface area contributed by atoms with E-state index in [0.29, 0.717) is 35.1 Å². The number of likely N-dealkylation sites (tertiary alicyclic amines) is 1. The minimum Gasteiger partial charge on any atom is -0.372 e. The summed E-state index contributed by atoms with van der Waals surface area (Å²) in [6.07, 6.45) is 15.0.